The molecule has 5 nitrogen and oxygen atoms in total. The van der Waals surface area contributed by atoms with Crippen LogP contribution in [-0.4, -0.2) is 24.1 Å². The Morgan fingerprint density at radius 2 is 1.94 bits per heavy atom. The molecule has 0 unspecified atom stereocenters. The zero-order chi connectivity index (χ0) is 13.0. The van der Waals surface area contributed by atoms with Crippen molar-refractivity contribution in [2.24, 2.45) is 5.73 Å². The Hall–Kier alpha value is -2.14. The van der Waals surface area contributed by atoms with Crippen molar-refractivity contribution in [1.82, 2.24) is 9.97 Å². The third-order valence-electron chi connectivity index (χ3n) is 2.67. The van der Waals surface area contributed by atoms with Crippen molar-refractivity contribution >= 4 is 11.6 Å². The number of aromatic nitrogens is 2. The zero-order valence-corrected chi connectivity index (χ0v) is 10.5. The summed E-state index contributed by atoms with van der Waals surface area (Å²) in [5.74, 6) is 1.45. The minimum Gasteiger partial charge on any atom is -0.497 e. The summed E-state index contributed by atoms with van der Waals surface area (Å²) in [5, 5.41) is 0. The van der Waals surface area contributed by atoms with Crippen LogP contribution in [0.3, 0.4) is 0 Å². The second-order valence-electron chi connectivity index (χ2n) is 3.81. The first kappa shape index (κ1) is 12.3. The molecule has 0 radical (unpaired) electrons. The van der Waals surface area contributed by atoms with E-state index in [1.54, 1.807) is 13.3 Å². The molecule has 0 aliphatic carbocycles. The highest BCUT2D eigenvalue weighted by Gasteiger charge is 2.07. The van der Waals surface area contributed by atoms with Gasteiger partial charge in [0, 0.05) is 25.5 Å². The molecule has 1 heterocycles. The van der Waals surface area contributed by atoms with Crippen LogP contribution in [0.25, 0.3) is 0 Å². The second kappa shape index (κ2) is 5.46. The van der Waals surface area contributed by atoms with E-state index in [0.717, 1.165) is 17.1 Å². The molecule has 0 saturated heterocycles. The van der Waals surface area contributed by atoms with Crippen molar-refractivity contribution in [2.75, 3.05) is 19.1 Å². The fourth-order valence-electron chi connectivity index (χ4n) is 1.58. The first-order valence-corrected chi connectivity index (χ1v) is 5.64. The van der Waals surface area contributed by atoms with Gasteiger partial charge < -0.3 is 15.4 Å². The highest BCUT2D eigenvalue weighted by Crippen LogP contribution is 2.22. The van der Waals surface area contributed by atoms with E-state index in [1.807, 2.05) is 42.3 Å². The summed E-state index contributed by atoms with van der Waals surface area (Å²) in [4.78, 5) is 10.5. The van der Waals surface area contributed by atoms with Crippen molar-refractivity contribution in [2.45, 2.75) is 6.54 Å². The standard InChI is InChI=1S/C13H16N4O/c1-17(11-3-5-12(18-2)6-4-11)13-15-8-7-10(9-14)16-13/h3-8H,9,14H2,1-2H3. The maximum atomic E-state index is 5.57. The SMILES string of the molecule is COc1ccc(N(C)c2nccc(CN)n2)cc1. The molecule has 0 atom stereocenters. The molecule has 1 aromatic heterocycles. The highest BCUT2D eigenvalue weighted by molar-refractivity contribution is 5.57. The van der Waals surface area contributed by atoms with Crippen LogP contribution in [0.4, 0.5) is 11.6 Å². The Balaban J connectivity index is 2.25. The summed E-state index contributed by atoms with van der Waals surface area (Å²) >= 11 is 0. The van der Waals surface area contributed by atoms with Crippen LogP contribution >= 0.6 is 0 Å². The van der Waals surface area contributed by atoms with Crippen LogP contribution in [0.5, 0.6) is 5.75 Å². The molecule has 0 bridgehead atoms. The molecule has 0 aliphatic rings. The predicted molar refractivity (Wildman–Crippen MR) is 71.0 cm³/mol. The smallest absolute Gasteiger partial charge is 0.229 e. The molecule has 2 rings (SSSR count). The monoisotopic (exact) mass is 244 g/mol. The van der Waals surface area contributed by atoms with E-state index in [2.05, 4.69) is 9.97 Å². The van der Waals surface area contributed by atoms with Crippen LogP contribution in [0.1, 0.15) is 5.69 Å². The van der Waals surface area contributed by atoms with E-state index < -0.39 is 0 Å². The maximum absolute atomic E-state index is 5.57. The van der Waals surface area contributed by atoms with Gasteiger partial charge in [-0.2, -0.15) is 0 Å². The molecule has 5 heteroatoms. The third-order valence-corrected chi connectivity index (χ3v) is 2.67. The number of rotatable bonds is 4. The van der Waals surface area contributed by atoms with E-state index in [9.17, 15) is 0 Å². The van der Waals surface area contributed by atoms with Crippen molar-refractivity contribution in [1.29, 1.82) is 0 Å². The fraction of sp³-hybridized carbons (Fsp3) is 0.231. The van der Waals surface area contributed by atoms with Gasteiger partial charge in [0.1, 0.15) is 5.75 Å². The summed E-state index contributed by atoms with van der Waals surface area (Å²) in [6.07, 6.45) is 1.71. The normalized spacial score (nSPS) is 10.2. The summed E-state index contributed by atoms with van der Waals surface area (Å²) in [5.41, 5.74) is 7.38. The number of ether oxygens (including phenoxy) is 1. The minimum atomic E-state index is 0.409. The summed E-state index contributed by atoms with van der Waals surface area (Å²) in [6.45, 7) is 0.409. The second-order valence-corrected chi connectivity index (χ2v) is 3.81. The van der Waals surface area contributed by atoms with Crippen molar-refractivity contribution in [3.63, 3.8) is 0 Å². The fourth-order valence-corrected chi connectivity index (χ4v) is 1.58. The van der Waals surface area contributed by atoms with Crippen LogP contribution in [0.2, 0.25) is 0 Å². The average Bonchev–Trinajstić information content (AvgIpc) is 2.46. The lowest BCUT2D eigenvalue weighted by atomic mass is 10.3. The van der Waals surface area contributed by atoms with Gasteiger partial charge in [-0.05, 0) is 30.3 Å². The Morgan fingerprint density at radius 3 is 2.56 bits per heavy atom. The number of nitrogens with two attached hydrogens (primary N) is 1. The summed E-state index contributed by atoms with van der Waals surface area (Å²) in [7, 11) is 3.56. The first-order chi connectivity index (χ1) is 8.74. The number of nitrogens with zero attached hydrogens (tertiary/aromatic N) is 3. The van der Waals surface area contributed by atoms with E-state index in [1.165, 1.54) is 0 Å². The van der Waals surface area contributed by atoms with Gasteiger partial charge in [0.25, 0.3) is 0 Å². The Bertz CT molecular complexity index is 513. The quantitative estimate of drug-likeness (QED) is 0.887. The highest BCUT2D eigenvalue weighted by atomic mass is 16.5. The summed E-state index contributed by atoms with van der Waals surface area (Å²) in [6, 6.07) is 9.53. The molecular weight excluding hydrogens is 228 g/mol. The Kier molecular flexibility index (Phi) is 3.74. The van der Waals surface area contributed by atoms with Gasteiger partial charge in [0.2, 0.25) is 5.95 Å². The molecule has 0 amide bonds. The van der Waals surface area contributed by atoms with E-state index in [0.29, 0.717) is 12.5 Å². The first-order valence-electron chi connectivity index (χ1n) is 5.64. The molecule has 0 saturated carbocycles. The van der Waals surface area contributed by atoms with Crippen LogP contribution in [0, 0.1) is 0 Å². The van der Waals surface area contributed by atoms with Gasteiger partial charge in [-0.15, -0.1) is 0 Å². The van der Waals surface area contributed by atoms with E-state index in [-0.39, 0.29) is 0 Å². The average molecular weight is 244 g/mol. The number of benzene rings is 1. The lowest BCUT2D eigenvalue weighted by Gasteiger charge is -2.17. The van der Waals surface area contributed by atoms with Gasteiger partial charge in [0.05, 0.1) is 12.8 Å². The maximum Gasteiger partial charge on any atom is 0.229 e. The molecule has 18 heavy (non-hydrogen) atoms. The molecular formula is C13H16N4O. The molecule has 2 aromatic rings. The van der Waals surface area contributed by atoms with Crippen molar-refractivity contribution in [3.05, 3.63) is 42.2 Å². The Labute approximate surface area is 106 Å². The topological polar surface area (TPSA) is 64.3 Å². The van der Waals surface area contributed by atoms with Gasteiger partial charge in [-0.3, -0.25) is 0 Å². The number of hydrogen-bond acceptors (Lipinski definition) is 5. The molecule has 0 spiro atoms. The molecule has 94 valence electrons. The largest absolute Gasteiger partial charge is 0.497 e. The number of anilines is 2. The van der Waals surface area contributed by atoms with Gasteiger partial charge in [-0.25, -0.2) is 9.97 Å². The summed E-state index contributed by atoms with van der Waals surface area (Å²) < 4.78 is 5.12. The zero-order valence-electron chi connectivity index (χ0n) is 10.5. The van der Waals surface area contributed by atoms with Gasteiger partial charge in [-0.1, -0.05) is 0 Å². The molecule has 1 aromatic carbocycles. The lowest BCUT2D eigenvalue weighted by Crippen LogP contribution is -2.14. The molecule has 0 fully saturated rings. The Morgan fingerprint density at radius 1 is 1.22 bits per heavy atom. The van der Waals surface area contributed by atoms with E-state index >= 15 is 0 Å². The molecule has 2 N–H and O–H groups in total. The van der Waals surface area contributed by atoms with E-state index in [4.69, 9.17) is 10.5 Å². The molecule has 0 aliphatic heterocycles. The van der Waals surface area contributed by atoms with Crippen LogP contribution in [-0.2, 0) is 6.54 Å². The number of hydrogen-bond donors (Lipinski definition) is 1. The number of methoxy groups -OCH3 is 1. The van der Waals surface area contributed by atoms with Gasteiger partial charge >= 0.3 is 0 Å². The van der Waals surface area contributed by atoms with Gasteiger partial charge in [0.15, 0.2) is 0 Å². The third kappa shape index (κ3) is 2.57. The predicted octanol–water partition coefficient (Wildman–Crippen LogP) is 1.71. The minimum absolute atomic E-state index is 0.409. The lowest BCUT2D eigenvalue weighted by molar-refractivity contribution is 0.415. The van der Waals surface area contributed by atoms with Crippen LogP contribution in [0.15, 0.2) is 36.5 Å². The van der Waals surface area contributed by atoms with Crippen molar-refractivity contribution in [3.8, 4) is 5.75 Å². The van der Waals surface area contributed by atoms with Crippen molar-refractivity contribution < 1.29 is 4.74 Å². The van der Waals surface area contributed by atoms with Crippen LogP contribution < -0.4 is 15.4 Å².